The maximum atomic E-state index is 13.0. The Hall–Kier alpha value is -3.09. The molecule has 1 heterocycles. The summed E-state index contributed by atoms with van der Waals surface area (Å²) in [5.74, 6) is -0.246. The molecule has 0 saturated carbocycles. The number of aromatic nitrogens is 2. The van der Waals surface area contributed by atoms with E-state index < -0.39 is 11.2 Å². The highest BCUT2D eigenvalue weighted by molar-refractivity contribution is 6.05. The van der Waals surface area contributed by atoms with E-state index in [9.17, 15) is 14.4 Å². The number of nitrogen functional groups attached to an aromatic ring is 1. The van der Waals surface area contributed by atoms with Gasteiger partial charge in [-0.2, -0.15) is 0 Å². The van der Waals surface area contributed by atoms with Crippen LogP contribution in [0.2, 0.25) is 0 Å². The molecule has 0 fully saturated rings. The summed E-state index contributed by atoms with van der Waals surface area (Å²) < 4.78 is 1.32. The van der Waals surface area contributed by atoms with Crippen LogP contribution in [-0.2, 0) is 11.3 Å². The first-order valence-corrected chi connectivity index (χ1v) is 9.93. The van der Waals surface area contributed by atoms with Crippen LogP contribution in [0.25, 0.3) is 6.08 Å². The van der Waals surface area contributed by atoms with E-state index in [2.05, 4.69) is 4.98 Å². The first-order chi connectivity index (χ1) is 13.7. The number of nitrogens with one attached hydrogen (secondary N) is 1. The van der Waals surface area contributed by atoms with Gasteiger partial charge in [-0.1, -0.05) is 57.0 Å². The molecule has 7 heteroatoms. The standard InChI is InChI=1S/C22H30N4O3/c1-5-6-12-25-20(23)19(21(28)24-22(25)29)26(14-15(2)3)18(27)11-10-17-9-7-8-16(4)13-17/h7-11,13,15H,5-6,12,14,23H2,1-4H3,(H,24,28,29)/b11-10+. The summed E-state index contributed by atoms with van der Waals surface area (Å²) in [6.07, 6.45) is 4.74. The Morgan fingerprint density at radius 3 is 2.66 bits per heavy atom. The fourth-order valence-electron chi connectivity index (χ4n) is 3.06. The smallest absolute Gasteiger partial charge is 0.330 e. The Labute approximate surface area is 170 Å². The molecule has 0 spiro atoms. The zero-order valence-corrected chi connectivity index (χ0v) is 17.6. The van der Waals surface area contributed by atoms with Gasteiger partial charge in [-0.25, -0.2) is 4.79 Å². The van der Waals surface area contributed by atoms with Gasteiger partial charge in [0.25, 0.3) is 11.5 Å². The van der Waals surface area contributed by atoms with E-state index in [1.54, 1.807) is 6.08 Å². The molecule has 3 N–H and O–H groups in total. The molecular weight excluding hydrogens is 368 g/mol. The maximum Gasteiger partial charge on any atom is 0.330 e. The van der Waals surface area contributed by atoms with Crippen molar-refractivity contribution in [2.24, 2.45) is 5.92 Å². The molecule has 1 amide bonds. The van der Waals surface area contributed by atoms with Gasteiger partial charge in [0, 0.05) is 19.2 Å². The van der Waals surface area contributed by atoms with Crippen molar-refractivity contribution in [1.29, 1.82) is 0 Å². The zero-order chi connectivity index (χ0) is 21.6. The second kappa shape index (κ2) is 9.91. The lowest BCUT2D eigenvalue weighted by Gasteiger charge is -2.25. The second-order valence-corrected chi connectivity index (χ2v) is 7.59. The van der Waals surface area contributed by atoms with Crippen molar-refractivity contribution in [2.45, 2.75) is 47.1 Å². The molecule has 156 valence electrons. The molecule has 2 aromatic rings. The predicted octanol–water partition coefficient (Wildman–Crippen LogP) is 2.93. The van der Waals surface area contributed by atoms with Crippen LogP contribution in [-0.4, -0.2) is 22.0 Å². The molecule has 0 aliphatic heterocycles. The molecule has 0 unspecified atom stereocenters. The molecule has 1 aromatic heterocycles. The highest BCUT2D eigenvalue weighted by Gasteiger charge is 2.23. The molecule has 0 radical (unpaired) electrons. The Kier molecular flexibility index (Phi) is 7.59. The van der Waals surface area contributed by atoms with Crippen LogP contribution in [0, 0.1) is 12.8 Å². The van der Waals surface area contributed by atoms with E-state index in [0.29, 0.717) is 13.1 Å². The highest BCUT2D eigenvalue weighted by Crippen LogP contribution is 2.19. The van der Waals surface area contributed by atoms with Crippen LogP contribution in [0.4, 0.5) is 11.5 Å². The number of unbranched alkanes of at least 4 members (excludes halogenated alkanes) is 1. The number of carbonyl (C=O) groups excluding carboxylic acids is 1. The van der Waals surface area contributed by atoms with Gasteiger partial charge in [-0.3, -0.25) is 19.1 Å². The summed E-state index contributed by atoms with van der Waals surface area (Å²) in [6.45, 7) is 8.55. The van der Waals surface area contributed by atoms with E-state index in [-0.39, 0.29) is 23.3 Å². The number of amides is 1. The topological polar surface area (TPSA) is 101 Å². The number of hydrogen-bond donors (Lipinski definition) is 2. The lowest BCUT2D eigenvalue weighted by molar-refractivity contribution is -0.114. The number of nitrogens with zero attached hydrogens (tertiary/aromatic N) is 2. The Balaban J connectivity index is 2.48. The normalized spacial score (nSPS) is 11.3. The van der Waals surface area contributed by atoms with Crippen LogP contribution in [0.15, 0.2) is 39.9 Å². The third-order valence-corrected chi connectivity index (χ3v) is 4.49. The Morgan fingerprint density at radius 2 is 2.03 bits per heavy atom. The van der Waals surface area contributed by atoms with Crippen molar-refractivity contribution in [3.05, 3.63) is 62.3 Å². The third-order valence-electron chi connectivity index (χ3n) is 4.49. The average Bonchev–Trinajstić information content (AvgIpc) is 2.64. The van der Waals surface area contributed by atoms with Crippen molar-refractivity contribution >= 4 is 23.5 Å². The average molecular weight is 399 g/mol. The fraction of sp³-hybridized carbons (Fsp3) is 0.409. The summed E-state index contributed by atoms with van der Waals surface area (Å²) in [6, 6.07) is 7.75. The number of anilines is 2. The number of aromatic amines is 1. The van der Waals surface area contributed by atoms with Gasteiger partial charge >= 0.3 is 5.69 Å². The van der Waals surface area contributed by atoms with Crippen LogP contribution in [0.3, 0.4) is 0 Å². The molecule has 2 rings (SSSR count). The lowest BCUT2D eigenvalue weighted by atomic mass is 10.1. The zero-order valence-electron chi connectivity index (χ0n) is 17.6. The van der Waals surface area contributed by atoms with Gasteiger partial charge in [0.15, 0.2) is 5.69 Å². The van der Waals surface area contributed by atoms with E-state index >= 15 is 0 Å². The van der Waals surface area contributed by atoms with Crippen molar-refractivity contribution in [3.8, 4) is 0 Å². The van der Waals surface area contributed by atoms with Crippen LogP contribution >= 0.6 is 0 Å². The summed E-state index contributed by atoms with van der Waals surface area (Å²) in [7, 11) is 0. The van der Waals surface area contributed by atoms with Gasteiger partial charge in [0.1, 0.15) is 5.82 Å². The minimum Gasteiger partial charge on any atom is -0.383 e. The lowest BCUT2D eigenvalue weighted by Crippen LogP contribution is -2.42. The molecule has 0 aliphatic rings. The highest BCUT2D eigenvalue weighted by atomic mass is 16.2. The number of hydrogen-bond acceptors (Lipinski definition) is 4. The molecule has 29 heavy (non-hydrogen) atoms. The first kappa shape index (κ1) is 22.2. The quantitative estimate of drug-likeness (QED) is 0.668. The first-order valence-electron chi connectivity index (χ1n) is 9.93. The number of nitrogens with two attached hydrogens (primary N) is 1. The largest absolute Gasteiger partial charge is 0.383 e. The molecule has 0 bridgehead atoms. The minimum atomic E-state index is -0.654. The molecule has 0 aliphatic carbocycles. The minimum absolute atomic E-state index is 0.0187. The Bertz CT molecular complexity index is 1000. The maximum absolute atomic E-state index is 13.0. The molecular formula is C22H30N4O3. The van der Waals surface area contributed by atoms with Crippen molar-refractivity contribution < 1.29 is 4.79 Å². The van der Waals surface area contributed by atoms with Gasteiger partial charge < -0.3 is 10.6 Å². The number of H-pyrrole nitrogens is 1. The SMILES string of the molecule is CCCCn1c(N)c(N(CC(C)C)C(=O)/C=C/c2cccc(C)c2)c(=O)[nH]c1=O. The van der Waals surface area contributed by atoms with Crippen molar-refractivity contribution in [2.75, 3.05) is 17.2 Å². The van der Waals surface area contributed by atoms with Gasteiger partial charge in [0.2, 0.25) is 0 Å². The molecule has 0 saturated heterocycles. The van der Waals surface area contributed by atoms with Crippen LogP contribution in [0.1, 0.15) is 44.7 Å². The molecule has 1 aromatic carbocycles. The molecule has 7 nitrogen and oxygen atoms in total. The van der Waals surface area contributed by atoms with Gasteiger partial charge in [-0.05, 0) is 30.9 Å². The second-order valence-electron chi connectivity index (χ2n) is 7.59. The molecule has 0 atom stereocenters. The van der Waals surface area contributed by atoms with E-state index in [1.165, 1.54) is 15.5 Å². The van der Waals surface area contributed by atoms with E-state index in [4.69, 9.17) is 5.73 Å². The summed E-state index contributed by atoms with van der Waals surface area (Å²) in [5.41, 5.74) is 6.97. The van der Waals surface area contributed by atoms with E-state index in [0.717, 1.165) is 24.0 Å². The van der Waals surface area contributed by atoms with Crippen LogP contribution < -0.4 is 21.9 Å². The summed E-state index contributed by atoms with van der Waals surface area (Å²) in [4.78, 5) is 41.4. The number of carbonyl (C=O) groups is 1. The number of rotatable bonds is 8. The van der Waals surface area contributed by atoms with Gasteiger partial charge in [0.05, 0.1) is 0 Å². The van der Waals surface area contributed by atoms with Crippen LogP contribution in [0.5, 0.6) is 0 Å². The van der Waals surface area contributed by atoms with Crippen molar-refractivity contribution in [1.82, 2.24) is 9.55 Å². The predicted molar refractivity (Wildman–Crippen MR) is 118 cm³/mol. The fourth-order valence-corrected chi connectivity index (χ4v) is 3.06. The summed E-state index contributed by atoms with van der Waals surface area (Å²) >= 11 is 0. The van der Waals surface area contributed by atoms with Gasteiger partial charge in [-0.15, -0.1) is 0 Å². The Morgan fingerprint density at radius 1 is 1.31 bits per heavy atom. The monoisotopic (exact) mass is 398 g/mol. The third kappa shape index (κ3) is 5.70. The van der Waals surface area contributed by atoms with Crippen molar-refractivity contribution in [3.63, 3.8) is 0 Å². The number of benzene rings is 1. The van der Waals surface area contributed by atoms with E-state index in [1.807, 2.05) is 52.0 Å². The summed E-state index contributed by atoms with van der Waals surface area (Å²) in [5, 5.41) is 0. The number of aryl methyl sites for hydroxylation is 1.